The van der Waals surface area contributed by atoms with Crippen LogP contribution in [0.1, 0.15) is 24.2 Å². The minimum atomic E-state index is -4.38. The molecule has 0 amide bonds. The van der Waals surface area contributed by atoms with Crippen molar-refractivity contribution < 1.29 is 17.6 Å². The third-order valence-corrected chi connectivity index (χ3v) is 2.80. The van der Waals surface area contributed by atoms with E-state index in [1.54, 1.807) is 0 Å². The molecule has 0 aliphatic rings. The lowest BCUT2D eigenvalue weighted by molar-refractivity contribution is -0.137. The van der Waals surface area contributed by atoms with Gasteiger partial charge in [0.15, 0.2) is 0 Å². The summed E-state index contributed by atoms with van der Waals surface area (Å²) in [5.41, 5.74) is 5.07. The zero-order chi connectivity index (χ0) is 14.0. The molecule has 1 heterocycles. The van der Waals surface area contributed by atoms with E-state index in [2.05, 4.69) is 4.98 Å². The molecule has 1 unspecified atom stereocenters. The number of alkyl halides is 3. The average Bonchev–Trinajstić information content (AvgIpc) is 2.86. The van der Waals surface area contributed by atoms with Gasteiger partial charge in [-0.1, -0.05) is 13.0 Å². The molecule has 6 heteroatoms. The fourth-order valence-electron chi connectivity index (χ4n) is 1.59. The summed E-state index contributed by atoms with van der Waals surface area (Å²) in [6.07, 6.45) is -2.89. The first kappa shape index (κ1) is 13.6. The third kappa shape index (κ3) is 2.96. The molecule has 3 nitrogen and oxygen atoms in total. The number of rotatable bonds is 3. The summed E-state index contributed by atoms with van der Waals surface area (Å²) in [5.74, 6) is 0.711. The second-order valence-corrected chi connectivity index (χ2v) is 4.28. The Morgan fingerprint density at radius 3 is 2.74 bits per heavy atom. The molecule has 1 atom stereocenters. The molecule has 19 heavy (non-hydrogen) atoms. The number of aromatic nitrogens is 1. The van der Waals surface area contributed by atoms with Gasteiger partial charge in [-0.3, -0.25) is 0 Å². The van der Waals surface area contributed by atoms with Crippen molar-refractivity contribution in [2.24, 2.45) is 5.73 Å². The van der Waals surface area contributed by atoms with Gasteiger partial charge in [0.05, 0.1) is 11.8 Å². The molecular formula is C13H13F3N2O. The van der Waals surface area contributed by atoms with Crippen LogP contribution in [0.4, 0.5) is 13.2 Å². The number of halogens is 3. The van der Waals surface area contributed by atoms with Crippen molar-refractivity contribution >= 4 is 0 Å². The Labute approximate surface area is 108 Å². The average molecular weight is 270 g/mol. The van der Waals surface area contributed by atoms with E-state index in [0.29, 0.717) is 17.9 Å². The van der Waals surface area contributed by atoms with Crippen LogP contribution in [0.25, 0.3) is 11.5 Å². The van der Waals surface area contributed by atoms with E-state index in [1.165, 1.54) is 18.3 Å². The second-order valence-electron chi connectivity index (χ2n) is 4.28. The van der Waals surface area contributed by atoms with E-state index < -0.39 is 11.7 Å². The predicted octanol–water partition coefficient (Wildman–Crippen LogP) is 3.42. The molecule has 1 aromatic heterocycles. The molecular weight excluding hydrogens is 257 g/mol. The lowest BCUT2D eigenvalue weighted by atomic mass is 10.1. The van der Waals surface area contributed by atoms with Crippen LogP contribution in [0.3, 0.4) is 0 Å². The topological polar surface area (TPSA) is 52.0 Å². The first-order valence-electron chi connectivity index (χ1n) is 5.75. The molecule has 1 aromatic carbocycles. The fourth-order valence-corrected chi connectivity index (χ4v) is 1.59. The first-order valence-corrected chi connectivity index (χ1v) is 5.75. The highest BCUT2D eigenvalue weighted by Gasteiger charge is 2.30. The zero-order valence-electron chi connectivity index (χ0n) is 10.2. The number of oxazole rings is 1. The van der Waals surface area contributed by atoms with Crippen LogP contribution in [-0.2, 0) is 6.18 Å². The third-order valence-electron chi connectivity index (χ3n) is 2.80. The smallest absolute Gasteiger partial charge is 0.416 e. The van der Waals surface area contributed by atoms with Gasteiger partial charge in [0.2, 0.25) is 5.89 Å². The number of nitrogens with two attached hydrogens (primary N) is 1. The maximum Gasteiger partial charge on any atom is 0.416 e. The van der Waals surface area contributed by atoms with Crippen LogP contribution in [0.15, 0.2) is 34.9 Å². The lowest BCUT2D eigenvalue weighted by Gasteiger charge is -2.07. The number of hydrogen-bond acceptors (Lipinski definition) is 3. The van der Waals surface area contributed by atoms with Gasteiger partial charge in [-0.2, -0.15) is 13.2 Å². The summed E-state index contributed by atoms with van der Waals surface area (Å²) in [7, 11) is 0. The number of hydrogen-bond donors (Lipinski definition) is 1. The monoisotopic (exact) mass is 270 g/mol. The van der Waals surface area contributed by atoms with E-state index in [4.69, 9.17) is 10.2 Å². The van der Waals surface area contributed by atoms with Gasteiger partial charge in [0.1, 0.15) is 5.76 Å². The molecule has 0 aliphatic carbocycles. The predicted molar refractivity (Wildman–Crippen MR) is 64.4 cm³/mol. The van der Waals surface area contributed by atoms with E-state index in [1.807, 2.05) is 6.92 Å². The van der Waals surface area contributed by atoms with Gasteiger partial charge in [-0.25, -0.2) is 4.98 Å². The van der Waals surface area contributed by atoms with Crippen molar-refractivity contribution in [3.8, 4) is 11.5 Å². The summed E-state index contributed by atoms with van der Waals surface area (Å²) in [6, 6.07) is 4.88. The van der Waals surface area contributed by atoms with Gasteiger partial charge in [-0.15, -0.1) is 0 Å². The molecule has 0 spiro atoms. The SMILES string of the molecule is CC(CN)c1cnc(-c2cccc(C(F)(F)F)c2)o1. The summed E-state index contributed by atoms with van der Waals surface area (Å²) in [4.78, 5) is 3.99. The Morgan fingerprint density at radius 1 is 1.37 bits per heavy atom. The maximum atomic E-state index is 12.6. The van der Waals surface area contributed by atoms with Crippen molar-refractivity contribution in [1.29, 1.82) is 0 Å². The quantitative estimate of drug-likeness (QED) is 0.929. The van der Waals surface area contributed by atoms with Crippen molar-refractivity contribution in [3.63, 3.8) is 0 Å². The highest BCUT2D eigenvalue weighted by molar-refractivity contribution is 5.54. The molecule has 0 bridgehead atoms. The van der Waals surface area contributed by atoms with E-state index in [-0.39, 0.29) is 11.8 Å². The van der Waals surface area contributed by atoms with Gasteiger partial charge in [0.25, 0.3) is 0 Å². The molecule has 0 saturated carbocycles. The minimum absolute atomic E-state index is 0.0213. The Kier molecular flexibility index (Phi) is 3.61. The van der Waals surface area contributed by atoms with E-state index in [9.17, 15) is 13.2 Å². The molecule has 0 fully saturated rings. The minimum Gasteiger partial charge on any atom is -0.441 e. The van der Waals surface area contributed by atoms with Crippen LogP contribution < -0.4 is 5.73 Å². The van der Waals surface area contributed by atoms with Crippen molar-refractivity contribution in [2.45, 2.75) is 19.0 Å². The lowest BCUT2D eigenvalue weighted by Crippen LogP contribution is -2.07. The summed E-state index contributed by atoms with van der Waals surface area (Å²) in [6.45, 7) is 2.24. The Bertz CT molecular complexity index is 563. The van der Waals surface area contributed by atoms with Crippen LogP contribution in [-0.4, -0.2) is 11.5 Å². The Balaban J connectivity index is 2.34. The fraction of sp³-hybridized carbons (Fsp3) is 0.308. The summed E-state index contributed by atoms with van der Waals surface area (Å²) < 4.78 is 43.2. The first-order chi connectivity index (χ1) is 8.91. The summed E-state index contributed by atoms with van der Waals surface area (Å²) in [5, 5.41) is 0. The highest BCUT2D eigenvalue weighted by Crippen LogP contribution is 2.32. The molecule has 2 aromatic rings. The second kappa shape index (κ2) is 5.05. The molecule has 0 aliphatic heterocycles. The Hall–Kier alpha value is -1.82. The van der Waals surface area contributed by atoms with Gasteiger partial charge in [-0.05, 0) is 18.2 Å². The normalized spacial score (nSPS) is 13.5. The van der Waals surface area contributed by atoms with Crippen molar-refractivity contribution in [1.82, 2.24) is 4.98 Å². The highest BCUT2D eigenvalue weighted by atomic mass is 19.4. The zero-order valence-corrected chi connectivity index (χ0v) is 10.2. The van der Waals surface area contributed by atoms with Crippen molar-refractivity contribution in [2.75, 3.05) is 6.54 Å². The van der Waals surface area contributed by atoms with E-state index >= 15 is 0 Å². The van der Waals surface area contributed by atoms with Gasteiger partial charge >= 0.3 is 6.18 Å². The Morgan fingerprint density at radius 2 is 2.11 bits per heavy atom. The molecule has 0 saturated heterocycles. The standard InChI is InChI=1S/C13H13F3N2O/c1-8(6-17)11-7-18-12(19-11)9-3-2-4-10(5-9)13(14,15)16/h2-5,7-8H,6,17H2,1H3. The molecule has 2 N–H and O–H groups in total. The van der Waals surface area contributed by atoms with E-state index in [0.717, 1.165) is 12.1 Å². The van der Waals surface area contributed by atoms with Crippen molar-refractivity contribution in [3.05, 3.63) is 41.8 Å². The molecule has 2 rings (SSSR count). The maximum absolute atomic E-state index is 12.6. The molecule has 102 valence electrons. The molecule has 0 radical (unpaired) electrons. The van der Waals surface area contributed by atoms with Gasteiger partial charge in [0, 0.05) is 18.0 Å². The number of benzene rings is 1. The van der Waals surface area contributed by atoms with Crippen LogP contribution in [0, 0.1) is 0 Å². The van der Waals surface area contributed by atoms with Crippen LogP contribution in [0.2, 0.25) is 0 Å². The number of nitrogens with zero attached hydrogens (tertiary/aromatic N) is 1. The van der Waals surface area contributed by atoms with Gasteiger partial charge < -0.3 is 10.2 Å². The largest absolute Gasteiger partial charge is 0.441 e. The van der Waals surface area contributed by atoms with Crippen LogP contribution in [0.5, 0.6) is 0 Å². The summed E-state index contributed by atoms with van der Waals surface area (Å²) >= 11 is 0. The van der Waals surface area contributed by atoms with Crippen LogP contribution >= 0.6 is 0 Å².